The first-order valence-corrected chi connectivity index (χ1v) is 4.76. The second kappa shape index (κ2) is 4.96. The van der Waals surface area contributed by atoms with Crippen molar-refractivity contribution in [3.05, 3.63) is 12.2 Å². The predicted octanol–water partition coefficient (Wildman–Crippen LogP) is 1.84. The van der Waals surface area contributed by atoms with E-state index in [0.717, 1.165) is 0 Å². The minimum absolute atomic E-state index is 0.236. The van der Waals surface area contributed by atoms with Crippen molar-refractivity contribution < 1.29 is 19.1 Å². The van der Waals surface area contributed by atoms with Gasteiger partial charge in [0.25, 0.3) is 0 Å². The standard InChI is InChI=1S/C11H18O4/c1-7(2)9(12)15-11(5,6)10(13)14-8(3)4/h8H,1H2,2-6H3. The van der Waals surface area contributed by atoms with Crippen LogP contribution in [-0.4, -0.2) is 23.6 Å². The lowest BCUT2D eigenvalue weighted by Crippen LogP contribution is -2.40. The van der Waals surface area contributed by atoms with Crippen LogP contribution in [0.5, 0.6) is 0 Å². The molecule has 0 aromatic heterocycles. The number of esters is 2. The third-order valence-corrected chi connectivity index (χ3v) is 1.53. The molecule has 4 heteroatoms. The Bertz CT molecular complexity index is 276. The maximum Gasteiger partial charge on any atom is 0.350 e. The Labute approximate surface area is 90.2 Å². The van der Waals surface area contributed by atoms with E-state index < -0.39 is 17.5 Å². The summed E-state index contributed by atoms with van der Waals surface area (Å²) in [6, 6.07) is 0. The zero-order chi connectivity index (χ0) is 12.2. The summed E-state index contributed by atoms with van der Waals surface area (Å²) in [5.41, 5.74) is -1.03. The van der Waals surface area contributed by atoms with Crippen LogP contribution in [0.1, 0.15) is 34.6 Å². The van der Waals surface area contributed by atoms with Gasteiger partial charge < -0.3 is 9.47 Å². The third-order valence-electron chi connectivity index (χ3n) is 1.53. The van der Waals surface area contributed by atoms with Gasteiger partial charge in [-0.2, -0.15) is 0 Å². The largest absolute Gasteiger partial charge is 0.460 e. The fourth-order valence-electron chi connectivity index (χ4n) is 0.717. The molecule has 0 fully saturated rings. The molecule has 0 atom stereocenters. The summed E-state index contributed by atoms with van der Waals surface area (Å²) in [4.78, 5) is 22.7. The average molecular weight is 214 g/mol. The summed E-state index contributed by atoms with van der Waals surface area (Å²) in [5.74, 6) is -1.16. The molecule has 0 radical (unpaired) electrons. The summed E-state index contributed by atoms with van der Waals surface area (Å²) in [7, 11) is 0. The van der Waals surface area contributed by atoms with Crippen molar-refractivity contribution in [1.82, 2.24) is 0 Å². The summed E-state index contributed by atoms with van der Waals surface area (Å²) in [5, 5.41) is 0. The quantitative estimate of drug-likeness (QED) is 0.529. The Morgan fingerprint density at radius 1 is 1.27 bits per heavy atom. The third kappa shape index (κ3) is 4.63. The van der Waals surface area contributed by atoms with E-state index in [0.29, 0.717) is 0 Å². The van der Waals surface area contributed by atoms with Crippen LogP contribution < -0.4 is 0 Å². The SMILES string of the molecule is C=C(C)C(=O)OC(C)(C)C(=O)OC(C)C. The fraction of sp³-hybridized carbons (Fsp3) is 0.636. The highest BCUT2D eigenvalue weighted by atomic mass is 16.6. The van der Waals surface area contributed by atoms with Gasteiger partial charge in [0.1, 0.15) is 0 Å². The summed E-state index contributed by atoms with van der Waals surface area (Å²) < 4.78 is 9.90. The number of hydrogen-bond acceptors (Lipinski definition) is 4. The van der Waals surface area contributed by atoms with E-state index >= 15 is 0 Å². The molecule has 4 nitrogen and oxygen atoms in total. The highest BCUT2D eigenvalue weighted by Crippen LogP contribution is 2.14. The summed E-state index contributed by atoms with van der Waals surface area (Å²) in [6.45, 7) is 11.4. The van der Waals surface area contributed by atoms with Crippen molar-refractivity contribution >= 4 is 11.9 Å². The molecule has 0 aromatic carbocycles. The van der Waals surface area contributed by atoms with Gasteiger partial charge in [0.15, 0.2) is 0 Å². The zero-order valence-electron chi connectivity index (χ0n) is 9.92. The van der Waals surface area contributed by atoms with Gasteiger partial charge in [-0.1, -0.05) is 6.58 Å². The van der Waals surface area contributed by atoms with Crippen LogP contribution in [0.4, 0.5) is 0 Å². The summed E-state index contributed by atoms with van der Waals surface area (Å²) >= 11 is 0. The van der Waals surface area contributed by atoms with Gasteiger partial charge in [0, 0.05) is 5.57 Å². The first kappa shape index (κ1) is 13.7. The van der Waals surface area contributed by atoms with Gasteiger partial charge in [-0.05, 0) is 34.6 Å². The molecule has 0 aromatic rings. The Balaban J connectivity index is 4.47. The minimum atomic E-state index is -1.28. The van der Waals surface area contributed by atoms with Crippen LogP contribution in [0.2, 0.25) is 0 Å². The number of carbonyl (C=O) groups excluding carboxylic acids is 2. The zero-order valence-corrected chi connectivity index (χ0v) is 9.92. The van der Waals surface area contributed by atoms with E-state index in [9.17, 15) is 9.59 Å². The lowest BCUT2D eigenvalue weighted by atomic mass is 10.1. The summed E-state index contributed by atoms with van der Waals surface area (Å²) in [6.07, 6.45) is -0.236. The predicted molar refractivity (Wildman–Crippen MR) is 56.2 cm³/mol. The Kier molecular flexibility index (Phi) is 4.52. The minimum Gasteiger partial charge on any atom is -0.460 e. The Hall–Kier alpha value is -1.32. The lowest BCUT2D eigenvalue weighted by molar-refractivity contribution is -0.179. The molecule has 0 aliphatic rings. The van der Waals surface area contributed by atoms with E-state index in [1.807, 2.05) is 0 Å². The highest BCUT2D eigenvalue weighted by molar-refractivity contribution is 5.90. The average Bonchev–Trinajstić information content (AvgIpc) is 2.01. The van der Waals surface area contributed by atoms with Gasteiger partial charge in [-0.3, -0.25) is 0 Å². The molecule has 86 valence electrons. The molecule has 0 saturated carbocycles. The van der Waals surface area contributed by atoms with E-state index in [2.05, 4.69) is 6.58 Å². The number of carbonyl (C=O) groups is 2. The first-order valence-electron chi connectivity index (χ1n) is 4.76. The highest BCUT2D eigenvalue weighted by Gasteiger charge is 2.34. The molecule has 0 aliphatic carbocycles. The maximum absolute atomic E-state index is 11.5. The second-order valence-electron chi connectivity index (χ2n) is 4.13. The van der Waals surface area contributed by atoms with Crippen molar-refractivity contribution in [2.24, 2.45) is 0 Å². The van der Waals surface area contributed by atoms with Crippen LogP contribution in [0.3, 0.4) is 0 Å². The number of rotatable bonds is 4. The van der Waals surface area contributed by atoms with Gasteiger partial charge in [0.05, 0.1) is 6.10 Å². The van der Waals surface area contributed by atoms with Crippen LogP contribution in [0.15, 0.2) is 12.2 Å². The molecule has 0 N–H and O–H groups in total. The van der Waals surface area contributed by atoms with E-state index in [-0.39, 0.29) is 11.7 Å². The first-order chi connectivity index (χ1) is 6.66. The van der Waals surface area contributed by atoms with Crippen molar-refractivity contribution in [3.8, 4) is 0 Å². The van der Waals surface area contributed by atoms with Gasteiger partial charge in [0.2, 0.25) is 5.60 Å². The van der Waals surface area contributed by atoms with E-state index in [1.54, 1.807) is 13.8 Å². The smallest absolute Gasteiger partial charge is 0.350 e. The molecule has 0 spiro atoms. The Morgan fingerprint density at radius 2 is 1.73 bits per heavy atom. The van der Waals surface area contributed by atoms with Gasteiger partial charge in [-0.25, -0.2) is 9.59 Å². The van der Waals surface area contributed by atoms with E-state index in [4.69, 9.17) is 9.47 Å². The van der Waals surface area contributed by atoms with Crippen LogP contribution in [0, 0.1) is 0 Å². The molecule has 0 rings (SSSR count). The molecule has 0 amide bonds. The molecular weight excluding hydrogens is 196 g/mol. The van der Waals surface area contributed by atoms with Crippen LogP contribution in [0.25, 0.3) is 0 Å². The van der Waals surface area contributed by atoms with Gasteiger partial charge >= 0.3 is 11.9 Å². The van der Waals surface area contributed by atoms with Crippen LogP contribution >= 0.6 is 0 Å². The second-order valence-corrected chi connectivity index (χ2v) is 4.13. The fourth-order valence-corrected chi connectivity index (χ4v) is 0.717. The number of hydrogen-bond donors (Lipinski definition) is 0. The molecule has 0 aliphatic heterocycles. The Morgan fingerprint density at radius 3 is 2.07 bits per heavy atom. The number of ether oxygens (including phenoxy) is 2. The normalized spacial score (nSPS) is 11.1. The molecule has 0 heterocycles. The molecule has 0 bridgehead atoms. The molecule has 0 saturated heterocycles. The van der Waals surface area contributed by atoms with E-state index in [1.165, 1.54) is 20.8 Å². The van der Waals surface area contributed by atoms with Gasteiger partial charge in [-0.15, -0.1) is 0 Å². The molecular formula is C11H18O4. The monoisotopic (exact) mass is 214 g/mol. The maximum atomic E-state index is 11.5. The molecule has 15 heavy (non-hydrogen) atoms. The van der Waals surface area contributed by atoms with Crippen molar-refractivity contribution in [3.63, 3.8) is 0 Å². The van der Waals surface area contributed by atoms with Crippen molar-refractivity contribution in [2.45, 2.75) is 46.3 Å². The lowest BCUT2D eigenvalue weighted by Gasteiger charge is -2.24. The molecule has 0 unspecified atom stereocenters. The van der Waals surface area contributed by atoms with Crippen molar-refractivity contribution in [2.75, 3.05) is 0 Å². The van der Waals surface area contributed by atoms with Crippen LogP contribution in [-0.2, 0) is 19.1 Å². The van der Waals surface area contributed by atoms with Crippen molar-refractivity contribution in [1.29, 1.82) is 0 Å². The topological polar surface area (TPSA) is 52.6 Å².